The van der Waals surface area contributed by atoms with Crippen molar-refractivity contribution in [3.05, 3.63) is 58.9 Å². The number of hydrogen-bond donors (Lipinski definition) is 1. The maximum Gasteiger partial charge on any atom is 0.217 e. The molecule has 1 aliphatic rings. The van der Waals surface area contributed by atoms with E-state index >= 15 is 0 Å². The number of hydrogen-bond acceptors (Lipinski definition) is 5. The summed E-state index contributed by atoms with van der Waals surface area (Å²) in [5.74, 6) is 1.60. The van der Waals surface area contributed by atoms with Crippen molar-refractivity contribution in [2.24, 2.45) is 12.8 Å². The first-order chi connectivity index (χ1) is 13.1. The predicted octanol–water partition coefficient (Wildman–Crippen LogP) is 3.89. The van der Waals surface area contributed by atoms with Gasteiger partial charge in [-0.25, -0.2) is 4.68 Å². The molecule has 0 spiro atoms. The minimum absolute atomic E-state index is 0.317. The lowest BCUT2D eigenvalue weighted by Gasteiger charge is -2.11. The molecule has 1 saturated heterocycles. The minimum atomic E-state index is 0.317. The molecule has 1 atom stereocenters. The monoisotopic (exact) mass is 384 g/mol. The van der Waals surface area contributed by atoms with Gasteiger partial charge in [-0.05, 0) is 30.2 Å². The lowest BCUT2D eigenvalue weighted by atomic mass is 10.1. The second-order valence-corrected chi connectivity index (χ2v) is 7.03. The molecule has 140 valence electrons. The van der Waals surface area contributed by atoms with Crippen LogP contribution in [0.4, 0.5) is 0 Å². The van der Waals surface area contributed by atoms with E-state index in [0.29, 0.717) is 35.7 Å². The van der Waals surface area contributed by atoms with Gasteiger partial charge < -0.3 is 15.2 Å². The van der Waals surface area contributed by atoms with Crippen LogP contribution in [0.5, 0.6) is 11.6 Å². The van der Waals surface area contributed by atoms with Crippen molar-refractivity contribution < 1.29 is 9.47 Å². The molecule has 1 aliphatic heterocycles. The van der Waals surface area contributed by atoms with Gasteiger partial charge in [-0.2, -0.15) is 5.10 Å². The highest BCUT2D eigenvalue weighted by molar-refractivity contribution is 6.30. The quantitative estimate of drug-likeness (QED) is 0.722. The first-order valence-corrected chi connectivity index (χ1v) is 9.26. The van der Waals surface area contributed by atoms with Crippen molar-refractivity contribution in [2.75, 3.05) is 13.2 Å². The Kier molecular flexibility index (Phi) is 5.11. The zero-order valence-electron chi connectivity index (χ0n) is 15.1. The molecule has 6 nitrogen and oxygen atoms in total. The van der Waals surface area contributed by atoms with E-state index in [1.165, 1.54) is 0 Å². The van der Waals surface area contributed by atoms with E-state index in [0.717, 1.165) is 35.5 Å². The molecule has 0 amide bonds. The summed E-state index contributed by atoms with van der Waals surface area (Å²) in [6, 6.07) is 11.4. The van der Waals surface area contributed by atoms with Gasteiger partial charge in [0.1, 0.15) is 5.75 Å². The van der Waals surface area contributed by atoms with Gasteiger partial charge in [-0.15, -0.1) is 0 Å². The third-order valence-electron chi connectivity index (χ3n) is 4.70. The van der Waals surface area contributed by atoms with Crippen LogP contribution in [0, 0.1) is 0 Å². The van der Waals surface area contributed by atoms with Gasteiger partial charge in [0, 0.05) is 55.0 Å². The SMILES string of the molecule is Cn1nc([C@H]2CCOC2)cc1Oc1cc(Cl)ccc1-c1ccc(CN)cn1. The van der Waals surface area contributed by atoms with Crippen LogP contribution in [0.1, 0.15) is 23.6 Å². The van der Waals surface area contributed by atoms with Gasteiger partial charge in [-0.3, -0.25) is 4.98 Å². The van der Waals surface area contributed by atoms with E-state index in [-0.39, 0.29) is 0 Å². The summed E-state index contributed by atoms with van der Waals surface area (Å²) < 4.78 is 13.4. The van der Waals surface area contributed by atoms with Crippen molar-refractivity contribution >= 4 is 11.6 Å². The van der Waals surface area contributed by atoms with Crippen LogP contribution in [0.2, 0.25) is 5.02 Å². The summed E-state index contributed by atoms with van der Waals surface area (Å²) in [4.78, 5) is 4.50. The predicted molar refractivity (Wildman–Crippen MR) is 104 cm³/mol. The smallest absolute Gasteiger partial charge is 0.217 e. The highest BCUT2D eigenvalue weighted by atomic mass is 35.5. The van der Waals surface area contributed by atoms with Gasteiger partial charge in [0.05, 0.1) is 18.0 Å². The molecule has 1 aromatic carbocycles. The fraction of sp³-hybridized carbons (Fsp3) is 0.300. The molecule has 2 aromatic heterocycles. The Balaban J connectivity index is 1.66. The molecule has 27 heavy (non-hydrogen) atoms. The Labute approximate surface area is 162 Å². The molecule has 0 radical (unpaired) electrons. The number of aromatic nitrogens is 3. The average Bonchev–Trinajstić information content (AvgIpc) is 3.33. The summed E-state index contributed by atoms with van der Waals surface area (Å²) in [7, 11) is 1.87. The van der Waals surface area contributed by atoms with Crippen molar-refractivity contribution in [2.45, 2.75) is 18.9 Å². The van der Waals surface area contributed by atoms with Crippen molar-refractivity contribution in [1.29, 1.82) is 0 Å². The van der Waals surface area contributed by atoms with Crippen molar-refractivity contribution in [3.63, 3.8) is 0 Å². The van der Waals surface area contributed by atoms with Gasteiger partial charge in [0.2, 0.25) is 5.88 Å². The summed E-state index contributed by atoms with van der Waals surface area (Å²) in [5, 5.41) is 5.18. The van der Waals surface area contributed by atoms with Crippen molar-refractivity contribution in [3.8, 4) is 22.9 Å². The zero-order valence-corrected chi connectivity index (χ0v) is 15.8. The molecule has 4 rings (SSSR count). The maximum absolute atomic E-state index is 6.21. The van der Waals surface area contributed by atoms with Gasteiger partial charge >= 0.3 is 0 Å². The van der Waals surface area contributed by atoms with E-state index < -0.39 is 0 Å². The van der Waals surface area contributed by atoms with E-state index in [2.05, 4.69) is 10.1 Å². The molecule has 3 heterocycles. The van der Waals surface area contributed by atoms with Crippen LogP contribution in [-0.2, 0) is 18.3 Å². The molecule has 0 saturated carbocycles. The fourth-order valence-electron chi connectivity index (χ4n) is 3.14. The van der Waals surface area contributed by atoms with E-state index in [9.17, 15) is 0 Å². The van der Waals surface area contributed by atoms with Crippen LogP contribution >= 0.6 is 11.6 Å². The van der Waals surface area contributed by atoms with Crippen LogP contribution in [0.15, 0.2) is 42.6 Å². The summed E-state index contributed by atoms with van der Waals surface area (Å²) in [5.41, 5.74) is 9.28. The number of nitrogens with zero attached hydrogens (tertiary/aromatic N) is 3. The first kappa shape index (κ1) is 18.0. The number of nitrogens with two attached hydrogens (primary N) is 1. The van der Waals surface area contributed by atoms with Crippen LogP contribution < -0.4 is 10.5 Å². The van der Waals surface area contributed by atoms with Crippen LogP contribution in [-0.4, -0.2) is 28.0 Å². The third kappa shape index (κ3) is 3.83. The molecule has 1 fully saturated rings. The number of pyridine rings is 1. The highest BCUT2D eigenvalue weighted by Gasteiger charge is 2.22. The number of benzene rings is 1. The number of rotatable bonds is 5. The van der Waals surface area contributed by atoms with E-state index in [4.69, 9.17) is 26.8 Å². The first-order valence-electron chi connectivity index (χ1n) is 8.88. The Morgan fingerprint density at radius 3 is 2.89 bits per heavy atom. The Bertz CT molecular complexity index is 934. The highest BCUT2D eigenvalue weighted by Crippen LogP contribution is 2.36. The molecule has 3 aromatic rings. The second-order valence-electron chi connectivity index (χ2n) is 6.59. The van der Waals surface area contributed by atoms with E-state index in [1.54, 1.807) is 16.9 Å². The number of ether oxygens (including phenoxy) is 2. The Morgan fingerprint density at radius 1 is 1.30 bits per heavy atom. The van der Waals surface area contributed by atoms with Gasteiger partial charge in [0.25, 0.3) is 0 Å². The van der Waals surface area contributed by atoms with Crippen molar-refractivity contribution in [1.82, 2.24) is 14.8 Å². The molecule has 0 unspecified atom stereocenters. The van der Waals surface area contributed by atoms with Gasteiger partial charge in [0.15, 0.2) is 0 Å². The number of aryl methyl sites for hydroxylation is 1. The average molecular weight is 385 g/mol. The summed E-state index contributed by atoms with van der Waals surface area (Å²) in [6.07, 6.45) is 2.76. The summed E-state index contributed by atoms with van der Waals surface area (Å²) in [6.45, 7) is 1.94. The number of halogens is 1. The second kappa shape index (κ2) is 7.68. The largest absolute Gasteiger partial charge is 0.439 e. The molecule has 2 N–H and O–H groups in total. The zero-order chi connectivity index (χ0) is 18.8. The third-order valence-corrected chi connectivity index (χ3v) is 4.93. The normalized spacial score (nSPS) is 16.6. The molecular weight excluding hydrogens is 364 g/mol. The lowest BCUT2D eigenvalue weighted by molar-refractivity contribution is 0.193. The Morgan fingerprint density at radius 2 is 2.19 bits per heavy atom. The van der Waals surface area contributed by atoms with Gasteiger partial charge in [-0.1, -0.05) is 17.7 Å². The fourth-order valence-corrected chi connectivity index (χ4v) is 3.31. The molecular formula is C20H21ClN4O2. The topological polar surface area (TPSA) is 75.2 Å². The van der Waals surface area contributed by atoms with E-state index in [1.807, 2.05) is 37.4 Å². The molecule has 0 bridgehead atoms. The lowest BCUT2D eigenvalue weighted by Crippen LogP contribution is -2.00. The standard InChI is InChI=1S/C20H21ClN4O2/c1-25-20(9-18(24-25)14-6-7-26-12-14)27-19-8-15(21)3-4-16(19)17-5-2-13(10-22)11-23-17/h2-5,8-9,11,14H,6-7,10,12,22H2,1H3/t14-/m0/s1. The molecule has 0 aliphatic carbocycles. The van der Waals surface area contributed by atoms with Crippen LogP contribution in [0.25, 0.3) is 11.3 Å². The summed E-state index contributed by atoms with van der Waals surface area (Å²) >= 11 is 6.21. The van der Waals surface area contributed by atoms with Crippen LogP contribution in [0.3, 0.4) is 0 Å². The minimum Gasteiger partial charge on any atom is -0.439 e. The Hall–Kier alpha value is -2.41. The molecule has 7 heteroatoms. The maximum atomic E-state index is 6.21.